The van der Waals surface area contributed by atoms with Gasteiger partial charge in [-0.3, -0.25) is 4.79 Å². The Balaban J connectivity index is 1.19. The van der Waals surface area contributed by atoms with Crippen LogP contribution in [0.25, 0.3) is 16.6 Å². The van der Waals surface area contributed by atoms with E-state index in [2.05, 4.69) is 27.5 Å². The number of piperidine rings is 1. The van der Waals surface area contributed by atoms with Crippen LogP contribution in [0.4, 0.5) is 10.1 Å². The Morgan fingerprint density at radius 1 is 1.14 bits per heavy atom. The van der Waals surface area contributed by atoms with Crippen molar-refractivity contribution in [3.8, 4) is 17.2 Å². The quantitative estimate of drug-likeness (QED) is 0.630. The van der Waals surface area contributed by atoms with Gasteiger partial charge in [0.2, 0.25) is 5.91 Å². The predicted octanol–water partition coefficient (Wildman–Crippen LogP) is 3.36. The van der Waals surface area contributed by atoms with E-state index in [9.17, 15) is 4.79 Å². The van der Waals surface area contributed by atoms with Crippen LogP contribution < -0.4 is 10.2 Å². The molecule has 1 unspecified atom stereocenters. The topological polar surface area (TPSA) is 76.7 Å². The Kier molecular flexibility index (Phi) is 5.45. The molecule has 7 nitrogen and oxygen atoms in total. The summed E-state index contributed by atoms with van der Waals surface area (Å²) in [7, 11) is 0. The van der Waals surface area contributed by atoms with E-state index in [1.54, 1.807) is 6.20 Å². The highest BCUT2D eigenvalue weighted by Crippen LogP contribution is 2.39. The minimum absolute atomic E-state index is 0.0941. The Hall–Kier alpha value is -3.44. The molecule has 2 aromatic heterocycles. The fourth-order valence-electron chi connectivity index (χ4n) is 5.51. The number of alkyl halides is 1. The number of nitriles is 1. The molecule has 0 bridgehead atoms. The van der Waals surface area contributed by atoms with Crippen LogP contribution in [0, 0.1) is 23.2 Å². The van der Waals surface area contributed by atoms with Gasteiger partial charge < -0.3 is 15.1 Å². The number of halogens is 1. The average Bonchev–Trinajstić information content (AvgIpc) is 3.57. The maximum atomic E-state index is 15.3. The fourth-order valence-corrected chi connectivity index (χ4v) is 5.51. The summed E-state index contributed by atoms with van der Waals surface area (Å²) in [6.45, 7) is 4.07. The van der Waals surface area contributed by atoms with Crippen molar-refractivity contribution in [2.24, 2.45) is 11.8 Å². The Morgan fingerprint density at radius 3 is 2.63 bits per heavy atom. The van der Waals surface area contributed by atoms with E-state index >= 15 is 4.39 Å². The van der Waals surface area contributed by atoms with Crippen LogP contribution in [0.15, 0.2) is 48.8 Å². The number of hydrogen-bond donors (Lipinski definition) is 1. The standard InChI is InChI=1S/C27H29FN6O/c28-27(7-1-8-30-18-27)22-4-2-19(3-5-22)21-15-25-24(6-9-31-34(25)17-21)32-10-12-33(13-11-32)26(35)23-14-20(23)16-29/h2-6,9,15,17,20,23,30H,1,7-8,10-14,18H2/t20?,23-,27-/m1/s1. The van der Waals surface area contributed by atoms with Gasteiger partial charge >= 0.3 is 0 Å². The van der Waals surface area contributed by atoms with Crippen LogP contribution in [0.2, 0.25) is 0 Å². The number of piperazine rings is 1. The Morgan fingerprint density at radius 2 is 1.94 bits per heavy atom. The molecule has 4 heterocycles. The second-order valence-corrected chi connectivity index (χ2v) is 9.99. The zero-order valence-corrected chi connectivity index (χ0v) is 19.7. The maximum absolute atomic E-state index is 15.3. The van der Waals surface area contributed by atoms with Crippen LogP contribution in [-0.4, -0.2) is 59.7 Å². The molecule has 3 aromatic rings. The predicted molar refractivity (Wildman–Crippen MR) is 132 cm³/mol. The molecule has 0 radical (unpaired) electrons. The first-order valence-corrected chi connectivity index (χ1v) is 12.5. The molecule has 180 valence electrons. The van der Waals surface area contributed by atoms with Crippen molar-refractivity contribution in [2.45, 2.75) is 24.9 Å². The third-order valence-corrected chi connectivity index (χ3v) is 7.76. The number of hydrogen-bond acceptors (Lipinski definition) is 5. The number of fused-ring (bicyclic) bond motifs is 1. The van der Waals surface area contributed by atoms with Gasteiger partial charge in [0, 0.05) is 50.7 Å². The van der Waals surface area contributed by atoms with E-state index in [4.69, 9.17) is 5.26 Å². The molecule has 1 aliphatic carbocycles. The van der Waals surface area contributed by atoms with E-state index in [1.165, 1.54) is 0 Å². The summed E-state index contributed by atoms with van der Waals surface area (Å²) in [5.74, 6) is -0.0627. The lowest BCUT2D eigenvalue weighted by Gasteiger charge is -2.36. The fraction of sp³-hybridized carbons (Fsp3) is 0.444. The van der Waals surface area contributed by atoms with Crippen molar-refractivity contribution in [3.05, 3.63) is 54.4 Å². The van der Waals surface area contributed by atoms with Gasteiger partial charge in [-0.05, 0) is 49.1 Å². The van der Waals surface area contributed by atoms with Gasteiger partial charge in [-0.1, -0.05) is 24.3 Å². The molecule has 3 fully saturated rings. The highest BCUT2D eigenvalue weighted by atomic mass is 19.1. The largest absolute Gasteiger partial charge is 0.366 e. The minimum Gasteiger partial charge on any atom is -0.366 e. The maximum Gasteiger partial charge on any atom is 0.227 e. The van der Waals surface area contributed by atoms with Crippen LogP contribution in [0.5, 0.6) is 0 Å². The highest BCUT2D eigenvalue weighted by Gasteiger charge is 2.45. The van der Waals surface area contributed by atoms with Gasteiger partial charge in [0.1, 0.15) is 5.67 Å². The molecule has 6 rings (SSSR count). The van der Waals surface area contributed by atoms with E-state index < -0.39 is 5.67 Å². The van der Waals surface area contributed by atoms with Crippen LogP contribution in [0.1, 0.15) is 24.8 Å². The molecule has 1 N–H and O–H groups in total. The Labute approximate surface area is 204 Å². The van der Waals surface area contributed by atoms with Crippen LogP contribution in [-0.2, 0) is 10.5 Å². The summed E-state index contributed by atoms with van der Waals surface area (Å²) < 4.78 is 17.2. The monoisotopic (exact) mass is 472 g/mol. The summed E-state index contributed by atoms with van der Waals surface area (Å²) >= 11 is 0. The summed E-state index contributed by atoms with van der Waals surface area (Å²) in [6.07, 6.45) is 5.92. The Bertz CT molecular complexity index is 1280. The number of nitrogens with zero attached hydrogens (tertiary/aromatic N) is 5. The summed E-state index contributed by atoms with van der Waals surface area (Å²) in [5, 5.41) is 16.7. The van der Waals surface area contributed by atoms with Gasteiger partial charge in [0.15, 0.2) is 0 Å². The van der Waals surface area contributed by atoms with Crippen molar-refractivity contribution in [1.29, 1.82) is 5.26 Å². The molecule has 1 aromatic carbocycles. The van der Waals surface area contributed by atoms with Gasteiger partial charge in [0.25, 0.3) is 0 Å². The van der Waals surface area contributed by atoms with E-state index in [1.807, 2.05) is 45.9 Å². The van der Waals surface area contributed by atoms with Crippen LogP contribution in [0.3, 0.4) is 0 Å². The first-order chi connectivity index (χ1) is 17.1. The number of aromatic nitrogens is 2. The molecular formula is C27H29FN6O. The van der Waals surface area contributed by atoms with Crippen molar-refractivity contribution >= 4 is 17.1 Å². The molecule has 0 spiro atoms. The summed E-state index contributed by atoms with van der Waals surface area (Å²) in [6, 6.07) is 14.2. The average molecular weight is 473 g/mol. The van der Waals surface area contributed by atoms with Gasteiger partial charge in [-0.15, -0.1) is 0 Å². The molecule has 35 heavy (non-hydrogen) atoms. The molecule has 1 amide bonds. The van der Waals surface area contributed by atoms with E-state index in [0.29, 0.717) is 32.5 Å². The van der Waals surface area contributed by atoms with E-state index in [-0.39, 0.29) is 17.7 Å². The van der Waals surface area contributed by atoms with Crippen LogP contribution >= 0.6 is 0 Å². The van der Waals surface area contributed by atoms with Crippen molar-refractivity contribution < 1.29 is 9.18 Å². The van der Waals surface area contributed by atoms with Crippen molar-refractivity contribution in [1.82, 2.24) is 19.8 Å². The van der Waals surface area contributed by atoms with Gasteiger partial charge in [0.05, 0.1) is 29.1 Å². The number of amides is 1. The number of nitrogens with one attached hydrogen (secondary N) is 1. The lowest BCUT2D eigenvalue weighted by Crippen LogP contribution is -2.49. The normalized spacial score (nSPS) is 26.5. The summed E-state index contributed by atoms with van der Waals surface area (Å²) in [4.78, 5) is 16.8. The molecule has 2 saturated heterocycles. The lowest BCUT2D eigenvalue weighted by atomic mass is 9.87. The second kappa shape index (κ2) is 8.65. The van der Waals surface area contributed by atoms with Gasteiger partial charge in [-0.2, -0.15) is 10.4 Å². The molecule has 1 saturated carbocycles. The number of anilines is 1. The number of carbonyl (C=O) groups is 1. The number of benzene rings is 1. The number of rotatable bonds is 4. The van der Waals surface area contributed by atoms with Crippen molar-refractivity contribution in [2.75, 3.05) is 44.2 Å². The number of carbonyl (C=O) groups excluding carboxylic acids is 1. The molecular weight excluding hydrogens is 443 g/mol. The smallest absolute Gasteiger partial charge is 0.227 e. The zero-order valence-electron chi connectivity index (χ0n) is 19.7. The van der Waals surface area contributed by atoms with Gasteiger partial charge in [-0.25, -0.2) is 8.91 Å². The van der Waals surface area contributed by atoms with Crippen molar-refractivity contribution in [3.63, 3.8) is 0 Å². The SMILES string of the molecule is N#CC1C[C@H]1C(=O)N1CCN(c2ccnn3cc(-c4ccc([C@@]5(F)CCCNC5)cc4)cc23)CC1. The first kappa shape index (κ1) is 22.1. The lowest BCUT2D eigenvalue weighted by molar-refractivity contribution is -0.133. The molecule has 8 heteroatoms. The molecule has 2 aliphatic heterocycles. The molecule has 3 aliphatic rings. The zero-order chi connectivity index (χ0) is 24.0. The minimum atomic E-state index is -1.30. The summed E-state index contributed by atoms with van der Waals surface area (Å²) in [5.41, 5.74) is 3.61. The highest BCUT2D eigenvalue weighted by molar-refractivity contribution is 5.83. The van der Waals surface area contributed by atoms with E-state index in [0.717, 1.165) is 53.9 Å². The first-order valence-electron chi connectivity index (χ1n) is 12.5. The second-order valence-electron chi connectivity index (χ2n) is 9.99. The third-order valence-electron chi connectivity index (χ3n) is 7.76. The molecule has 3 atom stereocenters. The third kappa shape index (κ3) is 4.04.